The average molecular weight is 377 g/mol. The fourth-order valence-electron chi connectivity index (χ4n) is 2.83. The van der Waals surface area contributed by atoms with Crippen LogP contribution in [-0.4, -0.2) is 33.8 Å². The van der Waals surface area contributed by atoms with Gasteiger partial charge in [-0.05, 0) is 17.7 Å². The van der Waals surface area contributed by atoms with Gasteiger partial charge in [-0.3, -0.25) is 9.78 Å². The third-order valence-corrected chi connectivity index (χ3v) is 5.04. The van der Waals surface area contributed by atoms with Gasteiger partial charge in [-0.2, -0.15) is 0 Å². The van der Waals surface area contributed by atoms with E-state index in [0.717, 1.165) is 21.5 Å². The first-order valence-corrected chi connectivity index (χ1v) is 9.12. The smallest absolute Gasteiger partial charge is 0.357 e. The van der Waals surface area contributed by atoms with Crippen LogP contribution in [-0.2, 0) is 11.2 Å². The van der Waals surface area contributed by atoms with E-state index in [1.54, 1.807) is 23.8 Å². The van der Waals surface area contributed by atoms with Crippen molar-refractivity contribution >= 4 is 34.0 Å². The predicted octanol–water partition coefficient (Wildman–Crippen LogP) is 3.63. The van der Waals surface area contributed by atoms with Crippen LogP contribution >= 0.6 is 11.3 Å². The number of H-pyrrole nitrogens is 1. The van der Waals surface area contributed by atoms with Gasteiger partial charge >= 0.3 is 5.97 Å². The topological polar surface area (TPSA) is 84.9 Å². The van der Waals surface area contributed by atoms with Crippen molar-refractivity contribution in [2.24, 2.45) is 0 Å². The van der Waals surface area contributed by atoms with Crippen molar-refractivity contribution in [1.29, 1.82) is 0 Å². The van der Waals surface area contributed by atoms with Crippen molar-refractivity contribution in [2.45, 2.75) is 6.42 Å². The zero-order valence-corrected chi connectivity index (χ0v) is 15.2. The molecule has 1 N–H and O–H groups in total. The van der Waals surface area contributed by atoms with E-state index >= 15 is 0 Å². The Bertz CT molecular complexity index is 1130. The second kappa shape index (κ2) is 7.13. The standard InChI is InChI=1S/C20H15N3O3S/c1-26-20(25)17-11-27-18(23-17)8-12-6-7-16(21-9-12)19(24)14-10-22-15-5-3-2-4-13(14)15/h2-7,9-11,22H,8H2,1H3. The number of nitrogens with one attached hydrogen (secondary N) is 1. The van der Waals surface area contributed by atoms with Crippen molar-refractivity contribution < 1.29 is 14.3 Å². The highest BCUT2D eigenvalue weighted by Gasteiger charge is 2.16. The Labute approximate surface area is 158 Å². The lowest BCUT2D eigenvalue weighted by Crippen LogP contribution is -2.04. The molecule has 3 aromatic heterocycles. The van der Waals surface area contributed by atoms with Crippen molar-refractivity contribution in [3.8, 4) is 0 Å². The summed E-state index contributed by atoms with van der Waals surface area (Å²) in [5.41, 5.74) is 3.13. The molecular weight excluding hydrogens is 362 g/mol. The summed E-state index contributed by atoms with van der Waals surface area (Å²) in [5, 5.41) is 3.34. The van der Waals surface area contributed by atoms with E-state index in [0.29, 0.717) is 23.4 Å². The fourth-order valence-corrected chi connectivity index (χ4v) is 3.62. The molecule has 0 saturated carbocycles. The van der Waals surface area contributed by atoms with Crippen LogP contribution in [0.1, 0.15) is 37.1 Å². The average Bonchev–Trinajstić information content (AvgIpc) is 3.34. The zero-order valence-electron chi connectivity index (χ0n) is 14.4. The highest BCUT2D eigenvalue weighted by molar-refractivity contribution is 7.09. The van der Waals surface area contributed by atoms with Crippen LogP contribution in [0.25, 0.3) is 10.9 Å². The molecule has 0 aliphatic heterocycles. The third-order valence-electron chi connectivity index (χ3n) is 4.19. The van der Waals surface area contributed by atoms with E-state index in [1.165, 1.54) is 18.4 Å². The number of nitrogens with zero attached hydrogens (tertiary/aromatic N) is 2. The van der Waals surface area contributed by atoms with Crippen LogP contribution in [0.4, 0.5) is 0 Å². The maximum Gasteiger partial charge on any atom is 0.357 e. The normalized spacial score (nSPS) is 10.9. The summed E-state index contributed by atoms with van der Waals surface area (Å²) in [5.74, 6) is -0.573. The van der Waals surface area contributed by atoms with Crippen LogP contribution < -0.4 is 0 Å². The second-order valence-corrected chi connectivity index (χ2v) is 6.87. The molecule has 0 aliphatic carbocycles. The number of aromatic nitrogens is 3. The Morgan fingerprint density at radius 3 is 2.78 bits per heavy atom. The highest BCUT2D eigenvalue weighted by atomic mass is 32.1. The molecule has 27 heavy (non-hydrogen) atoms. The van der Waals surface area contributed by atoms with E-state index in [2.05, 4.69) is 19.7 Å². The quantitative estimate of drug-likeness (QED) is 0.424. The molecule has 4 rings (SSSR count). The van der Waals surface area contributed by atoms with Gasteiger partial charge in [0, 0.05) is 40.7 Å². The Hall–Kier alpha value is -3.32. The first-order chi connectivity index (χ1) is 13.2. The van der Waals surface area contributed by atoms with E-state index in [9.17, 15) is 9.59 Å². The number of rotatable bonds is 5. The van der Waals surface area contributed by atoms with Crippen LogP contribution in [0.3, 0.4) is 0 Å². The van der Waals surface area contributed by atoms with Crippen molar-refractivity contribution in [3.63, 3.8) is 0 Å². The maximum atomic E-state index is 12.8. The highest BCUT2D eigenvalue weighted by Crippen LogP contribution is 2.21. The third kappa shape index (κ3) is 3.37. The van der Waals surface area contributed by atoms with Gasteiger partial charge in [-0.25, -0.2) is 9.78 Å². The lowest BCUT2D eigenvalue weighted by molar-refractivity contribution is 0.0594. The molecule has 0 radical (unpaired) electrons. The molecule has 6 nitrogen and oxygen atoms in total. The number of pyridine rings is 1. The van der Waals surface area contributed by atoms with Crippen molar-refractivity contribution in [3.05, 3.63) is 81.7 Å². The van der Waals surface area contributed by atoms with E-state index in [4.69, 9.17) is 0 Å². The molecule has 7 heteroatoms. The van der Waals surface area contributed by atoms with Gasteiger partial charge in [0.2, 0.25) is 5.78 Å². The van der Waals surface area contributed by atoms with E-state index < -0.39 is 5.97 Å². The number of para-hydroxylation sites is 1. The number of ketones is 1. The van der Waals surface area contributed by atoms with Gasteiger partial charge in [0.1, 0.15) is 5.69 Å². The molecular formula is C20H15N3O3S. The van der Waals surface area contributed by atoms with Gasteiger partial charge in [0.05, 0.1) is 12.1 Å². The molecule has 0 bridgehead atoms. The molecule has 4 aromatic rings. The van der Waals surface area contributed by atoms with Gasteiger partial charge < -0.3 is 9.72 Å². The Kier molecular flexibility index (Phi) is 4.52. The Morgan fingerprint density at radius 2 is 2.00 bits per heavy atom. The number of hydrogen-bond donors (Lipinski definition) is 1. The number of methoxy groups -OCH3 is 1. The van der Waals surface area contributed by atoms with Crippen LogP contribution in [0.5, 0.6) is 0 Å². The Morgan fingerprint density at radius 1 is 1.15 bits per heavy atom. The molecule has 3 heterocycles. The summed E-state index contributed by atoms with van der Waals surface area (Å²) in [6.07, 6.45) is 3.92. The number of fused-ring (bicyclic) bond motifs is 1. The molecule has 0 atom stereocenters. The van der Waals surface area contributed by atoms with Crippen molar-refractivity contribution in [2.75, 3.05) is 7.11 Å². The molecule has 0 fully saturated rings. The lowest BCUT2D eigenvalue weighted by atomic mass is 10.1. The van der Waals surface area contributed by atoms with Gasteiger partial charge in [-0.1, -0.05) is 24.3 Å². The molecule has 0 spiro atoms. The molecule has 0 saturated heterocycles. The summed E-state index contributed by atoms with van der Waals surface area (Å²) in [6.45, 7) is 0. The first-order valence-electron chi connectivity index (χ1n) is 8.24. The largest absolute Gasteiger partial charge is 0.464 e. The van der Waals surface area contributed by atoms with E-state index in [-0.39, 0.29) is 5.78 Å². The number of benzene rings is 1. The van der Waals surface area contributed by atoms with Crippen molar-refractivity contribution in [1.82, 2.24) is 15.0 Å². The number of aromatic amines is 1. The van der Waals surface area contributed by atoms with Crippen LogP contribution in [0.2, 0.25) is 0 Å². The monoisotopic (exact) mass is 377 g/mol. The SMILES string of the molecule is COC(=O)c1csc(Cc2ccc(C(=O)c3c[nH]c4ccccc34)nc2)n1. The second-order valence-electron chi connectivity index (χ2n) is 5.92. The lowest BCUT2D eigenvalue weighted by Gasteiger charge is -2.02. The molecule has 0 unspecified atom stereocenters. The fraction of sp³-hybridized carbons (Fsp3) is 0.100. The number of ether oxygens (including phenoxy) is 1. The summed E-state index contributed by atoms with van der Waals surface area (Å²) in [6, 6.07) is 11.2. The maximum absolute atomic E-state index is 12.8. The molecule has 1 aromatic carbocycles. The van der Waals surface area contributed by atoms with Crippen LogP contribution in [0, 0.1) is 0 Å². The summed E-state index contributed by atoms with van der Waals surface area (Å²) >= 11 is 1.39. The van der Waals surface area contributed by atoms with Crippen LogP contribution in [0.15, 0.2) is 54.2 Å². The number of thiazole rings is 1. The summed E-state index contributed by atoms with van der Waals surface area (Å²) in [4.78, 5) is 35.9. The minimum absolute atomic E-state index is 0.124. The van der Waals surface area contributed by atoms with Gasteiger partial charge in [0.25, 0.3) is 0 Å². The minimum Gasteiger partial charge on any atom is -0.464 e. The van der Waals surface area contributed by atoms with Gasteiger partial charge in [0.15, 0.2) is 5.69 Å². The summed E-state index contributed by atoms with van der Waals surface area (Å²) in [7, 11) is 1.33. The molecule has 0 amide bonds. The molecule has 0 aliphatic rings. The number of carbonyl (C=O) groups is 2. The number of esters is 1. The predicted molar refractivity (Wildman–Crippen MR) is 102 cm³/mol. The Balaban J connectivity index is 1.52. The zero-order chi connectivity index (χ0) is 18.8. The number of hydrogen-bond acceptors (Lipinski definition) is 6. The van der Waals surface area contributed by atoms with Gasteiger partial charge in [-0.15, -0.1) is 11.3 Å². The minimum atomic E-state index is -0.449. The first kappa shape index (κ1) is 17.1. The summed E-state index contributed by atoms with van der Waals surface area (Å²) < 4.78 is 4.66. The number of carbonyl (C=O) groups excluding carboxylic acids is 2. The van der Waals surface area contributed by atoms with E-state index in [1.807, 2.05) is 30.3 Å². The molecule has 134 valence electrons.